The second kappa shape index (κ2) is 8.34. The summed E-state index contributed by atoms with van der Waals surface area (Å²) >= 11 is 0. The molecular weight excluding hydrogens is 308 g/mol. The van der Waals surface area contributed by atoms with Crippen LogP contribution in [-0.4, -0.2) is 75.0 Å². The summed E-state index contributed by atoms with van der Waals surface area (Å²) in [7, 11) is 0. The second-order valence-electron chi connectivity index (χ2n) is 5.68. The maximum atomic E-state index is 12.0. The van der Waals surface area contributed by atoms with Crippen molar-refractivity contribution in [3.63, 3.8) is 0 Å². The van der Waals surface area contributed by atoms with Gasteiger partial charge in [0.05, 0.1) is 12.7 Å². The summed E-state index contributed by atoms with van der Waals surface area (Å²) in [4.78, 5) is 24.8. The van der Waals surface area contributed by atoms with Crippen LogP contribution in [0.3, 0.4) is 0 Å². The monoisotopic (exact) mass is 330 g/mol. The zero-order valence-electron chi connectivity index (χ0n) is 13.6. The van der Waals surface area contributed by atoms with Gasteiger partial charge in [-0.15, -0.1) is 5.10 Å². The van der Waals surface area contributed by atoms with Gasteiger partial charge in [-0.25, -0.2) is 9.97 Å². The minimum absolute atomic E-state index is 0.0676. The molecule has 0 spiro atoms. The fourth-order valence-corrected chi connectivity index (χ4v) is 2.64. The summed E-state index contributed by atoms with van der Waals surface area (Å²) in [6.45, 7) is 5.20. The third kappa shape index (κ3) is 4.72. The number of nitrogens with zero attached hydrogens (tertiary/aromatic N) is 7. The topological polar surface area (TPSA) is 92.1 Å². The first-order valence-electron chi connectivity index (χ1n) is 8.16. The van der Waals surface area contributed by atoms with E-state index in [2.05, 4.69) is 35.4 Å². The number of carbonyl (C=O) groups excluding carboxylic acids is 1. The van der Waals surface area contributed by atoms with E-state index in [-0.39, 0.29) is 5.91 Å². The lowest BCUT2D eigenvalue weighted by Crippen LogP contribution is -2.50. The second-order valence-corrected chi connectivity index (χ2v) is 5.68. The molecule has 3 heterocycles. The van der Waals surface area contributed by atoms with Crippen LogP contribution in [0.25, 0.3) is 0 Å². The average molecular weight is 330 g/mol. The van der Waals surface area contributed by atoms with Crippen LogP contribution in [0, 0.1) is 0 Å². The molecule has 1 aliphatic rings. The van der Waals surface area contributed by atoms with Gasteiger partial charge < -0.3 is 10.2 Å². The van der Waals surface area contributed by atoms with Crippen molar-refractivity contribution in [3.8, 4) is 0 Å². The standard InChI is InChI=1S/C15H22N8O/c24-14(16-5-2-7-23-8-6-19-20-23)13-21-9-11-22(12-10-21)15-17-3-1-4-18-15/h1,3-4,6,8H,2,5,7,9-13H2,(H,16,24). The molecule has 9 heteroatoms. The molecule has 1 N–H and O–H groups in total. The van der Waals surface area contributed by atoms with Crippen molar-refractivity contribution < 1.29 is 4.79 Å². The van der Waals surface area contributed by atoms with Crippen molar-refractivity contribution in [2.75, 3.05) is 44.2 Å². The van der Waals surface area contributed by atoms with Crippen LogP contribution in [0.2, 0.25) is 0 Å². The Kier molecular flexibility index (Phi) is 5.67. The highest BCUT2D eigenvalue weighted by atomic mass is 16.2. The number of aromatic nitrogens is 5. The van der Waals surface area contributed by atoms with Gasteiger partial charge in [0.15, 0.2) is 0 Å². The zero-order chi connectivity index (χ0) is 16.6. The largest absolute Gasteiger partial charge is 0.355 e. The van der Waals surface area contributed by atoms with Gasteiger partial charge in [-0.3, -0.25) is 14.4 Å². The molecule has 0 unspecified atom stereocenters. The first-order chi connectivity index (χ1) is 11.8. The zero-order valence-corrected chi connectivity index (χ0v) is 13.6. The van der Waals surface area contributed by atoms with Crippen LogP contribution < -0.4 is 10.2 Å². The molecule has 0 atom stereocenters. The molecule has 0 bridgehead atoms. The Morgan fingerprint density at radius 2 is 1.92 bits per heavy atom. The molecule has 0 saturated carbocycles. The predicted octanol–water partition coefficient (Wildman–Crippen LogP) is -0.603. The maximum Gasteiger partial charge on any atom is 0.234 e. The summed E-state index contributed by atoms with van der Waals surface area (Å²) in [6.07, 6.45) is 7.81. The highest BCUT2D eigenvalue weighted by Crippen LogP contribution is 2.09. The molecular formula is C15H22N8O. The first kappa shape index (κ1) is 16.3. The Labute approximate surface area is 140 Å². The van der Waals surface area contributed by atoms with Crippen LogP contribution >= 0.6 is 0 Å². The fraction of sp³-hybridized carbons (Fsp3) is 0.533. The van der Waals surface area contributed by atoms with Gasteiger partial charge in [0, 0.05) is 57.9 Å². The normalized spacial score (nSPS) is 15.4. The smallest absolute Gasteiger partial charge is 0.234 e. The summed E-state index contributed by atoms with van der Waals surface area (Å²) in [5, 5.41) is 10.6. The number of hydrogen-bond acceptors (Lipinski definition) is 7. The van der Waals surface area contributed by atoms with Gasteiger partial charge in [-0.2, -0.15) is 0 Å². The lowest BCUT2D eigenvalue weighted by atomic mass is 10.3. The van der Waals surface area contributed by atoms with Gasteiger partial charge in [-0.1, -0.05) is 5.21 Å². The van der Waals surface area contributed by atoms with E-state index >= 15 is 0 Å². The van der Waals surface area contributed by atoms with Gasteiger partial charge in [0.25, 0.3) is 0 Å². The average Bonchev–Trinajstić information content (AvgIpc) is 3.14. The van der Waals surface area contributed by atoms with Crippen LogP contribution in [0.4, 0.5) is 5.95 Å². The number of piperazine rings is 1. The van der Waals surface area contributed by atoms with Crippen molar-refractivity contribution in [2.45, 2.75) is 13.0 Å². The van der Waals surface area contributed by atoms with Crippen LogP contribution in [0.5, 0.6) is 0 Å². The van der Waals surface area contributed by atoms with Gasteiger partial charge >= 0.3 is 0 Å². The third-order valence-electron chi connectivity index (χ3n) is 3.93. The number of aryl methyl sites for hydroxylation is 1. The Balaban J connectivity index is 1.31. The molecule has 1 fully saturated rings. The number of nitrogens with one attached hydrogen (secondary N) is 1. The van der Waals surface area contributed by atoms with E-state index in [9.17, 15) is 4.79 Å². The van der Waals surface area contributed by atoms with E-state index in [4.69, 9.17) is 0 Å². The third-order valence-corrected chi connectivity index (χ3v) is 3.93. The molecule has 24 heavy (non-hydrogen) atoms. The molecule has 0 aromatic carbocycles. The van der Waals surface area contributed by atoms with Crippen molar-refractivity contribution in [1.29, 1.82) is 0 Å². The number of carbonyl (C=O) groups is 1. The molecule has 1 saturated heterocycles. The van der Waals surface area contributed by atoms with Crippen molar-refractivity contribution >= 4 is 11.9 Å². The van der Waals surface area contributed by atoms with Crippen molar-refractivity contribution in [3.05, 3.63) is 30.9 Å². The Morgan fingerprint density at radius 1 is 1.12 bits per heavy atom. The van der Waals surface area contributed by atoms with Crippen molar-refractivity contribution in [1.82, 2.24) is 35.2 Å². The lowest BCUT2D eigenvalue weighted by Gasteiger charge is -2.34. The quantitative estimate of drug-likeness (QED) is 0.678. The number of amides is 1. The molecule has 9 nitrogen and oxygen atoms in total. The Bertz CT molecular complexity index is 610. The first-order valence-corrected chi connectivity index (χ1v) is 8.16. The van der Waals surface area contributed by atoms with Crippen LogP contribution in [0.15, 0.2) is 30.9 Å². The van der Waals surface area contributed by atoms with E-state index in [1.165, 1.54) is 0 Å². The molecule has 0 aliphatic carbocycles. The van der Waals surface area contributed by atoms with Gasteiger partial charge in [0.1, 0.15) is 0 Å². The van der Waals surface area contributed by atoms with E-state index in [0.29, 0.717) is 13.1 Å². The molecule has 1 aliphatic heterocycles. The fourth-order valence-electron chi connectivity index (χ4n) is 2.64. The van der Waals surface area contributed by atoms with E-state index < -0.39 is 0 Å². The molecule has 2 aromatic rings. The van der Waals surface area contributed by atoms with Crippen molar-refractivity contribution in [2.24, 2.45) is 0 Å². The maximum absolute atomic E-state index is 12.0. The lowest BCUT2D eigenvalue weighted by molar-refractivity contribution is -0.122. The van der Waals surface area contributed by atoms with E-state index in [0.717, 1.165) is 45.1 Å². The van der Waals surface area contributed by atoms with Crippen LogP contribution in [-0.2, 0) is 11.3 Å². The molecule has 128 valence electrons. The minimum atomic E-state index is 0.0676. The molecule has 1 amide bonds. The molecule has 2 aromatic heterocycles. The van der Waals surface area contributed by atoms with Gasteiger partial charge in [0.2, 0.25) is 11.9 Å². The van der Waals surface area contributed by atoms with Crippen LogP contribution in [0.1, 0.15) is 6.42 Å². The highest BCUT2D eigenvalue weighted by Gasteiger charge is 2.20. The van der Waals surface area contributed by atoms with E-state index in [1.54, 1.807) is 23.3 Å². The van der Waals surface area contributed by atoms with E-state index in [1.807, 2.05) is 12.3 Å². The predicted molar refractivity (Wildman–Crippen MR) is 88.3 cm³/mol. The number of hydrogen-bond donors (Lipinski definition) is 1. The summed E-state index contributed by atoms with van der Waals surface area (Å²) < 4.78 is 1.76. The Morgan fingerprint density at radius 3 is 2.62 bits per heavy atom. The number of anilines is 1. The SMILES string of the molecule is O=C(CN1CCN(c2ncccn2)CC1)NCCCn1ccnn1. The molecule has 0 radical (unpaired) electrons. The summed E-state index contributed by atoms with van der Waals surface area (Å²) in [5.41, 5.74) is 0. The summed E-state index contributed by atoms with van der Waals surface area (Å²) in [5.74, 6) is 0.827. The summed E-state index contributed by atoms with van der Waals surface area (Å²) in [6, 6.07) is 1.81. The minimum Gasteiger partial charge on any atom is -0.355 e. The Hall–Kier alpha value is -2.55. The molecule has 3 rings (SSSR count). The van der Waals surface area contributed by atoms with Gasteiger partial charge in [-0.05, 0) is 12.5 Å². The highest BCUT2D eigenvalue weighted by molar-refractivity contribution is 5.78. The number of rotatable bonds is 7.